The first kappa shape index (κ1) is 19.2. The van der Waals surface area contributed by atoms with Gasteiger partial charge in [-0.15, -0.1) is 6.58 Å². The van der Waals surface area contributed by atoms with Gasteiger partial charge in [-0.3, -0.25) is 4.90 Å². The minimum atomic E-state index is 0.613. The van der Waals surface area contributed by atoms with Crippen LogP contribution in [0.15, 0.2) is 60.7 Å². The molecule has 0 unspecified atom stereocenters. The van der Waals surface area contributed by atoms with Gasteiger partial charge in [0.2, 0.25) is 0 Å². The maximum Gasteiger partial charge on any atom is 0.119 e. The molecule has 1 rings (SSSR count). The molecule has 0 aliphatic carbocycles. The van der Waals surface area contributed by atoms with E-state index in [0.29, 0.717) is 6.61 Å². The molecule has 0 bridgehead atoms. The molecule has 1 aromatic carbocycles. The normalized spacial score (nSPS) is 11.0. The second kappa shape index (κ2) is 11.7. The summed E-state index contributed by atoms with van der Waals surface area (Å²) in [5.41, 5.74) is 2.78. The Morgan fingerprint density at radius 1 is 1.13 bits per heavy atom. The number of nitrogens with zero attached hydrogens (tertiary/aromatic N) is 1. The van der Waals surface area contributed by atoms with Crippen molar-refractivity contribution in [3.05, 3.63) is 66.3 Å². The number of hydrogen-bond donors (Lipinski definition) is 0. The van der Waals surface area contributed by atoms with Crippen molar-refractivity contribution in [1.82, 2.24) is 4.90 Å². The summed E-state index contributed by atoms with van der Waals surface area (Å²) >= 11 is 0. The van der Waals surface area contributed by atoms with Crippen LogP contribution in [0.1, 0.15) is 32.3 Å². The molecule has 0 N–H and O–H groups in total. The van der Waals surface area contributed by atoms with Gasteiger partial charge in [-0.05, 0) is 57.9 Å². The number of rotatable bonds is 11. The molecular weight excluding hydrogens is 282 g/mol. The molecule has 1 aromatic rings. The molecule has 126 valence electrons. The van der Waals surface area contributed by atoms with Crippen molar-refractivity contribution >= 4 is 0 Å². The second-order valence-electron chi connectivity index (χ2n) is 6.11. The lowest BCUT2D eigenvalue weighted by atomic mass is 10.1. The number of allylic oxidation sites excluding steroid dienone is 2. The second-order valence-corrected chi connectivity index (χ2v) is 6.11. The van der Waals surface area contributed by atoms with Crippen LogP contribution in [0.4, 0.5) is 0 Å². The van der Waals surface area contributed by atoms with Crippen molar-refractivity contribution in [3.63, 3.8) is 0 Å². The zero-order valence-corrected chi connectivity index (χ0v) is 14.9. The molecular formula is C21H31NO. The van der Waals surface area contributed by atoms with E-state index in [1.807, 2.05) is 6.08 Å². The minimum Gasteiger partial charge on any atom is -0.490 e. The number of likely N-dealkylation sites (N-methyl/N-ethyl adjacent to an activating group) is 1. The summed E-state index contributed by atoms with van der Waals surface area (Å²) in [6.45, 7) is 10.5. The molecule has 0 aromatic heterocycles. The highest BCUT2D eigenvalue weighted by atomic mass is 16.5. The number of unbranched alkanes of at least 4 members (excludes halogenated alkanes) is 1. The summed E-state index contributed by atoms with van der Waals surface area (Å²) in [4.78, 5) is 2.19. The summed E-state index contributed by atoms with van der Waals surface area (Å²) in [5, 5.41) is 0. The average molecular weight is 313 g/mol. The van der Waals surface area contributed by atoms with Crippen molar-refractivity contribution in [2.75, 3.05) is 26.7 Å². The van der Waals surface area contributed by atoms with E-state index < -0.39 is 0 Å². The Morgan fingerprint density at radius 2 is 1.87 bits per heavy atom. The molecule has 0 saturated heterocycles. The van der Waals surface area contributed by atoms with E-state index in [1.54, 1.807) is 0 Å². The predicted molar refractivity (Wildman–Crippen MR) is 101 cm³/mol. The molecule has 2 nitrogen and oxygen atoms in total. The summed E-state index contributed by atoms with van der Waals surface area (Å²) in [5.74, 6) is 0.933. The molecule has 0 atom stereocenters. The standard InChI is InChI=1S/C21H31NO/c1-5-16-22(4)17-8-9-18-23-21-14-12-20(13-15-21)11-7-6-10-19(2)3/h5,8-10,12-15H,1,6-7,11,16-18H2,2-4H3/b9-8+. The topological polar surface area (TPSA) is 12.5 Å². The molecule has 0 aliphatic rings. The number of aryl methyl sites for hydroxylation is 1. The summed E-state index contributed by atoms with van der Waals surface area (Å²) in [7, 11) is 2.07. The Balaban J connectivity index is 2.24. The third-order valence-corrected chi connectivity index (χ3v) is 3.52. The van der Waals surface area contributed by atoms with Crippen LogP contribution < -0.4 is 4.74 Å². The van der Waals surface area contributed by atoms with Gasteiger partial charge in [0, 0.05) is 13.1 Å². The first-order valence-electron chi connectivity index (χ1n) is 8.41. The van der Waals surface area contributed by atoms with Crippen molar-refractivity contribution < 1.29 is 4.74 Å². The Bertz CT molecular complexity index is 495. The largest absolute Gasteiger partial charge is 0.490 e. The third kappa shape index (κ3) is 9.75. The van der Waals surface area contributed by atoms with Gasteiger partial charge in [0.1, 0.15) is 12.4 Å². The summed E-state index contributed by atoms with van der Waals surface area (Å²) in [6.07, 6.45) is 11.9. The Hall–Kier alpha value is -1.80. The van der Waals surface area contributed by atoms with E-state index in [4.69, 9.17) is 4.74 Å². The summed E-state index contributed by atoms with van der Waals surface area (Å²) in [6, 6.07) is 8.46. The van der Waals surface area contributed by atoms with Gasteiger partial charge in [0.05, 0.1) is 0 Å². The number of hydrogen-bond acceptors (Lipinski definition) is 2. The Kier molecular flexibility index (Phi) is 9.81. The number of ether oxygens (including phenoxy) is 1. The molecule has 0 fully saturated rings. The van der Waals surface area contributed by atoms with E-state index in [-0.39, 0.29) is 0 Å². The first-order valence-corrected chi connectivity index (χ1v) is 8.41. The van der Waals surface area contributed by atoms with Gasteiger partial charge in [0.15, 0.2) is 0 Å². The lowest BCUT2D eigenvalue weighted by Crippen LogP contribution is -2.17. The van der Waals surface area contributed by atoms with Gasteiger partial charge >= 0.3 is 0 Å². The fourth-order valence-electron chi connectivity index (χ4n) is 2.21. The van der Waals surface area contributed by atoms with E-state index >= 15 is 0 Å². The zero-order valence-electron chi connectivity index (χ0n) is 14.9. The van der Waals surface area contributed by atoms with E-state index in [9.17, 15) is 0 Å². The predicted octanol–water partition coefficient (Wildman–Crippen LogP) is 5.03. The Labute approximate surface area is 142 Å². The van der Waals surface area contributed by atoms with Crippen molar-refractivity contribution in [1.29, 1.82) is 0 Å². The first-order chi connectivity index (χ1) is 11.1. The fraction of sp³-hybridized carbons (Fsp3) is 0.429. The quantitative estimate of drug-likeness (QED) is 0.420. The fourth-order valence-corrected chi connectivity index (χ4v) is 2.21. The molecule has 0 radical (unpaired) electrons. The number of benzene rings is 1. The van der Waals surface area contributed by atoms with Crippen LogP contribution in [0.3, 0.4) is 0 Å². The van der Waals surface area contributed by atoms with Gasteiger partial charge in [-0.2, -0.15) is 0 Å². The van der Waals surface area contributed by atoms with Crippen LogP contribution in [0.5, 0.6) is 5.75 Å². The lowest BCUT2D eigenvalue weighted by molar-refractivity contribution is 0.360. The van der Waals surface area contributed by atoms with Crippen LogP contribution in [0, 0.1) is 0 Å². The van der Waals surface area contributed by atoms with Gasteiger partial charge < -0.3 is 4.74 Å². The van der Waals surface area contributed by atoms with Gasteiger partial charge in [0.25, 0.3) is 0 Å². The SMILES string of the molecule is C=CCN(C)C/C=C/COc1ccc(CCCC=C(C)C)cc1. The van der Waals surface area contributed by atoms with Crippen molar-refractivity contribution in [2.24, 2.45) is 0 Å². The average Bonchev–Trinajstić information content (AvgIpc) is 2.52. The zero-order chi connectivity index (χ0) is 16.9. The smallest absolute Gasteiger partial charge is 0.119 e. The van der Waals surface area contributed by atoms with Gasteiger partial charge in [-0.1, -0.05) is 42.0 Å². The van der Waals surface area contributed by atoms with Crippen molar-refractivity contribution in [3.8, 4) is 5.75 Å². The van der Waals surface area contributed by atoms with Crippen LogP contribution in [0.2, 0.25) is 0 Å². The molecule has 0 spiro atoms. The minimum absolute atomic E-state index is 0.613. The highest BCUT2D eigenvalue weighted by Crippen LogP contribution is 2.14. The van der Waals surface area contributed by atoms with Crippen molar-refractivity contribution in [2.45, 2.75) is 33.1 Å². The Morgan fingerprint density at radius 3 is 2.52 bits per heavy atom. The molecule has 0 saturated carbocycles. The van der Waals surface area contributed by atoms with E-state index in [2.05, 4.69) is 74.9 Å². The van der Waals surface area contributed by atoms with Crippen LogP contribution in [-0.4, -0.2) is 31.6 Å². The molecule has 0 amide bonds. The monoisotopic (exact) mass is 313 g/mol. The maximum absolute atomic E-state index is 5.72. The lowest BCUT2D eigenvalue weighted by Gasteiger charge is -2.10. The molecule has 0 heterocycles. The molecule has 23 heavy (non-hydrogen) atoms. The molecule has 2 heteroatoms. The highest BCUT2D eigenvalue weighted by Gasteiger charge is 1.95. The van der Waals surface area contributed by atoms with E-state index in [0.717, 1.165) is 31.7 Å². The summed E-state index contributed by atoms with van der Waals surface area (Å²) < 4.78 is 5.72. The maximum atomic E-state index is 5.72. The van der Waals surface area contributed by atoms with Crippen LogP contribution >= 0.6 is 0 Å². The third-order valence-electron chi connectivity index (χ3n) is 3.52. The van der Waals surface area contributed by atoms with Crippen LogP contribution in [0.25, 0.3) is 0 Å². The van der Waals surface area contributed by atoms with E-state index in [1.165, 1.54) is 17.6 Å². The highest BCUT2D eigenvalue weighted by molar-refractivity contribution is 5.27. The molecule has 0 aliphatic heterocycles. The van der Waals surface area contributed by atoms with Crippen LogP contribution in [-0.2, 0) is 6.42 Å². The van der Waals surface area contributed by atoms with Gasteiger partial charge in [-0.25, -0.2) is 0 Å².